The smallest absolute Gasteiger partial charge is 0.335 e. The molecule has 50 heavy (non-hydrogen) atoms. The topological polar surface area (TPSA) is 77.5 Å². The van der Waals surface area contributed by atoms with E-state index in [4.69, 9.17) is 18.1 Å². The minimum absolute atomic E-state index is 0.255. The van der Waals surface area contributed by atoms with E-state index in [9.17, 15) is 9.13 Å². The second-order valence-electron chi connectivity index (χ2n) is 11.9. The molecule has 268 valence electrons. The highest BCUT2D eigenvalue weighted by Crippen LogP contribution is 2.53. The summed E-state index contributed by atoms with van der Waals surface area (Å²) in [4.78, 5) is 5.12. The van der Waals surface area contributed by atoms with Crippen LogP contribution >= 0.6 is 31.0 Å². The standard InChI is InChI=1S/C38H50N2O6P4/c1-5-43-49(41,44-6-2)27-33-19-23-35(24-20-33)39-29-47(37-15-11-9-12-16-37)31-40(32-48(30-39)38-17-13-10-14-18-38)36-25-21-34(22-26-36)28-50(42,45-7-3)46-8-4/h9-26H,5-8,27-32H2,1-4H3. The molecular weight excluding hydrogens is 704 g/mol. The lowest BCUT2D eigenvalue weighted by Gasteiger charge is -2.41. The third-order valence-electron chi connectivity index (χ3n) is 8.27. The molecule has 0 unspecified atom stereocenters. The monoisotopic (exact) mass is 754 g/mol. The molecule has 0 N–H and O–H groups in total. The zero-order chi connectivity index (χ0) is 35.4. The molecule has 8 nitrogen and oxygen atoms in total. The van der Waals surface area contributed by atoms with E-state index < -0.39 is 31.0 Å². The molecule has 1 saturated heterocycles. The van der Waals surface area contributed by atoms with Gasteiger partial charge in [-0.15, -0.1) is 0 Å². The summed E-state index contributed by atoms with van der Waals surface area (Å²) in [5, 5.41) is 2.72. The van der Waals surface area contributed by atoms with Crippen molar-refractivity contribution in [1.29, 1.82) is 0 Å². The normalized spacial score (nSPS) is 17.4. The zero-order valence-electron chi connectivity index (χ0n) is 29.6. The molecule has 0 aliphatic carbocycles. The van der Waals surface area contributed by atoms with Crippen LogP contribution in [0.15, 0.2) is 109 Å². The van der Waals surface area contributed by atoms with Crippen LogP contribution in [0.4, 0.5) is 11.4 Å². The largest absolute Gasteiger partial charge is 0.363 e. The molecule has 0 amide bonds. The highest BCUT2D eigenvalue weighted by Gasteiger charge is 2.30. The number of benzene rings is 4. The zero-order valence-corrected chi connectivity index (χ0v) is 33.2. The van der Waals surface area contributed by atoms with Gasteiger partial charge in [-0.2, -0.15) is 0 Å². The van der Waals surface area contributed by atoms with Crippen molar-refractivity contribution in [2.75, 3.05) is 61.4 Å². The maximum atomic E-state index is 13.3. The quantitative estimate of drug-likeness (QED) is 0.105. The highest BCUT2D eigenvalue weighted by molar-refractivity contribution is 7.67. The first-order valence-electron chi connectivity index (χ1n) is 17.3. The van der Waals surface area contributed by atoms with E-state index in [0.29, 0.717) is 26.4 Å². The average molecular weight is 755 g/mol. The summed E-state index contributed by atoms with van der Waals surface area (Å²) in [6.45, 7) is 8.76. The van der Waals surface area contributed by atoms with E-state index in [2.05, 4.69) is 119 Å². The van der Waals surface area contributed by atoms with Gasteiger partial charge in [-0.05, 0) is 89.5 Å². The fourth-order valence-corrected chi connectivity index (χ4v) is 14.5. The summed E-state index contributed by atoms with van der Waals surface area (Å²) in [5.41, 5.74) is 4.20. The Bertz CT molecular complexity index is 1540. The van der Waals surface area contributed by atoms with Gasteiger partial charge in [0.1, 0.15) is 0 Å². The molecule has 1 aliphatic rings. The second kappa shape index (κ2) is 18.9. The molecule has 5 rings (SSSR count). The summed E-state index contributed by atoms with van der Waals surface area (Å²) >= 11 is 0. The van der Waals surface area contributed by atoms with E-state index in [1.165, 1.54) is 10.6 Å². The van der Waals surface area contributed by atoms with E-state index in [0.717, 1.165) is 47.6 Å². The Morgan fingerprint density at radius 2 is 0.780 bits per heavy atom. The molecule has 1 heterocycles. The minimum atomic E-state index is -3.20. The molecule has 0 saturated carbocycles. The Morgan fingerprint density at radius 3 is 1.06 bits per heavy atom. The van der Waals surface area contributed by atoms with Crippen LogP contribution < -0.4 is 20.4 Å². The molecule has 4 aromatic carbocycles. The molecule has 1 fully saturated rings. The average Bonchev–Trinajstić information content (AvgIpc) is 3.10. The summed E-state index contributed by atoms with van der Waals surface area (Å²) in [6.07, 6.45) is 4.13. The summed E-state index contributed by atoms with van der Waals surface area (Å²) in [6, 6.07) is 38.7. The molecule has 1 aliphatic heterocycles. The van der Waals surface area contributed by atoms with Crippen molar-refractivity contribution in [3.8, 4) is 0 Å². The lowest BCUT2D eigenvalue weighted by atomic mass is 10.2. The summed E-state index contributed by atoms with van der Waals surface area (Å²) < 4.78 is 48.8. The maximum Gasteiger partial charge on any atom is 0.335 e. The fraction of sp³-hybridized carbons (Fsp3) is 0.368. The number of hydrogen-bond acceptors (Lipinski definition) is 8. The molecule has 0 spiro atoms. The predicted molar refractivity (Wildman–Crippen MR) is 212 cm³/mol. The van der Waals surface area contributed by atoms with Gasteiger partial charge in [0.05, 0.1) is 38.8 Å². The molecule has 0 bridgehead atoms. The third kappa shape index (κ3) is 10.8. The van der Waals surface area contributed by atoms with Crippen molar-refractivity contribution in [2.45, 2.75) is 40.0 Å². The molecule has 0 aromatic heterocycles. The first-order valence-corrected chi connectivity index (χ1v) is 24.2. The van der Waals surface area contributed by atoms with E-state index in [1.54, 1.807) is 0 Å². The second-order valence-corrected chi connectivity index (χ2v) is 20.4. The van der Waals surface area contributed by atoms with Crippen molar-refractivity contribution < 1.29 is 27.2 Å². The molecule has 4 aromatic rings. The van der Waals surface area contributed by atoms with Crippen LogP contribution in [0.25, 0.3) is 0 Å². The highest BCUT2D eigenvalue weighted by atomic mass is 31.2. The first-order chi connectivity index (χ1) is 24.3. The number of anilines is 2. The summed E-state index contributed by atoms with van der Waals surface area (Å²) in [5.74, 6) is 0. The van der Waals surface area contributed by atoms with Crippen LogP contribution in [-0.2, 0) is 39.5 Å². The van der Waals surface area contributed by atoms with Crippen LogP contribution in [0.2, 0.25) is 0 Å². The van der Waals surface area contributed by atoms with Crippen LogP contribution in [0.5, 0.6) is 0 Å². The van der Waals surface area contributed by atoms with Crippen molar-refractivity contribution in [1.82, 2.24) is 0 Å². The Hall–Kier alpha value is -2.36. The van der Waals surface area contributed by atoms with Crippen LogP contribution in [0.3, 0.4) is 0 Å². The lowest BCUT2D eigenvalue weighted by molar-refractivity contribution is 0.218. The van der Waals surface area contributed by atoms with Crippen LogP contribution in [0.1, 0.15) is 38.8 Å². The van der Waals surface area contributed by atoms with Gasteiger partial charge in [-0.3, -0.25) is 9.13 Å². The van der Waals surface area contributed by atoms with Gasteiger partial charge in [0, 0.05) is 36.5 Å². The van der Waals surface area contributed by atoms with Crippen LogP contribution in [-0.4, -0.2) is 51.6 Å². The van der Waals surface area contributed by atoms with Gasteiger partial charge in [-0.1, -0.05) is 84.9 Å². The summed E-state index contributed by atoms with van der Waals surface area (Å²) in [7, 11) is -7.61. The Morgan fingerprint density at radius 1 is 0.480 bits per heavy atom. The minimum Gasteiger partial charge on any atom is -0.363 e. The van der Waals surface area contributed by atoms with Crippen molar-refractivity contribution >= 4 is 53.0 Å². The Labute approximate surface area is 301 Å². The van der Waals surface area contributed by atoms with Crippen molar-refractivity contribution in [3.63, 3.8) is 0 Å². The van der Waals surface area contributed by atoms with Gasteiger partial charge < -0.3 is 27.9 Å². The first kappa shape index (κ1) is 38.9. The van der Waals surface area contributed by atoms with E-state index >= 15 is 0 Å². The van der Waals surface area contributed by atoms with E-state index in [-0.39, 0.29) is 12.3 Å². The molecule has 12 heteroatoms. The predicted octanol–water partition coefficient (Wildman–Crippen LogP) is 9.99. The molecular formula is C38H50N2O6P4. The Balaban J connectivity index is 1.45. The molecule has 0 atom stereocenters. The number of rotatable bonds is 16. The maximum absolute atomic E-state index is 13.3. The van der Waals surface area contributed by atoms with Gasteiger partial charge in [0.25, 0.3) is 0 Å². The lowest BCUT2D eigenvalue weighted by Crippen LogP contribution is -2.38. The van der Waals surface area contributed by atoms with Crippen molar-refractivity contribution in [2.24, 2.45) is 0 Å². The van der Waals surface area contributed by atoms with Crippen molar-refractivity contribution in [3.05, 3.63) is 120 Å². The van der Waals surface area contributed by atoms with Gasteiger partial charge in [-0.25, -0.2) is 0 Å². The fourth-order valence-electron chi connectivity index (χ4n) is 6.05. The SMILES string of the molecule is CCOP(=O)(Cc1ccc(N2CP(c3ccccc3)CN(c3ccc(CP(=O)(OCC)OCC)cc3)CP(c3ccccc3)C2)cc1)OCC. The van der Waals surface area contributed by atoms with Gasteiger partial charge >= 0.3 is 15.2 Å². The van der Waals surface area contributed by atoms with Crippen LogP contribution in [0, 0.1) is 0 Å². The molecule has 0 radical (unpaired) electrons. The van der Waals surface area contributed by atoms with Gasteiger partial charge in [0.15, 0.2) is 0 Å². The Kier molecular flexibility index (Phi) is 14.7. The number of hydrogen-bond donors (Lipinski definition) is 0. The third-order valence-corrected chi connectivity index (χ3v) is 17.2. The van der Waals surface area contributed by atoms with E-state index in [1.807, 2.05) is 27.7 Å². The van der Waals surface area contributed by atoms with Gasteiger partial charge in [0.2, 0.25) is 0 Å². The number of nitrogens with zero attached hydrogens (tertiary/aromatic N) is 2.